The average molecular weight is 310 g/mol. The molecule has 0 saturated carbocycles. The van der Waals surface area contributed by atoms with Crippen molar-refractivity contribution in [2.75, 3.05) is 33.4 Å². The first-order valence-corrected chi connectivity index (χ1v) is 7.96. The van der Waals surface area contributed by atoms with Crippen LogP contribution in [0.25, 0.3) is 0 Å². The molecule has 1 aliphatic rings. The Balaban J connectivity index is 2.07. The van der Waals surface area contributed by atoms with Crippen LogP contribution in [0.2, 0.25) is 0 Å². The number of benzene rings is 1. The van der Waals surface area contributed by atoms with Crippen LogP contribution in [0.4, 0.5) is 4.39 Å². The molecule has 1 aliphatic heterocycles. The van der Waals surface area contributed by atoms with E-state index in [4.69, 9.17) is 4.74 Å². The largest absolute Gasteiger partial charge is 0.497 e. The lowest BCUT2D eigenvalue weighted by Gasteiger charge is -2.43. The molecular formula is C17H27FN2O2. The summed E-state index contributed by atoms with van der Waals surface area (Å²) in [5.74, 6) is 0.311. The van der Waals surface area contributed by atoms with Gasteiger partial charge in [-0.2, -0.15) is 0 Å². The normalized spacial score (nSPS) is 20.5. The van der Waals surface area contributed by atoms with Crippen LogP contribution in [0.1, 0.15) is 25.8 Å². The van der Waals surface area contributed by atoms with Gasteiger partial charge >= 0.3 is 0 Å². The van der Waals surface area contributed by atoms with Crippen LogP contribution in [-0.4, -0.2) is 60.3 Å². The third-order valence-electron chi connectivity index (χ3n) is 4.46. The smallest absolute Gasteiger partial charge is 0.131 e. The van der Waals surface area contributed by atoms with Crippen LogP contribution in [0.5, 0.6) is 5.75 Å². The van der Waals surface area contributed by atoms with E-state index >= 15 is 0 Å². The van der Waals surface area contributed by atoms with Crippen LogP contribution in [0, 0.1) is 5.82 Å². The Kier molecular flexibility index (Phi) is 6.17. The Labute approximate surface area is 132 Å². The topological polar surface area (TPSA) is 35.9 Å². The van der Waals surface area contributed by atoms with Gasteiger partial charge in [0.2, 0.25) is 0 Å². The van der Waals surface area contributed by atoms with Crippen molar-refractivity contribution in [1.82, 2.24) is 9.80 Å². The molecule has 1 aromatic rings. The summed E-state index contributed by atoms with van der Waals surface area (Å²) in [6.07, 6.45) is 0.723. The molecule has 1 N–H and O–H groups in total. The van der Waals surface area contributed by atoms with Gasteiger partial charge in [0.05, 0.1) is 7.11 Å². The van der Waals surface area contributed by atoms with Gasteiger partial charge in [0.15, 0.2) is 0 Å². The van der Waals surface area contributed by atoms with E-state index in [1.807, 2.05) is 0 Å². The molecule has 0 amide bonds. The zero-order valence-electron chi connectivity index (χ0n) is 13.8. The van der Waals surface area contributed by atoms with E-state index in [2.05, 4.69) is 23.6 Å². The summed E-state index contributed by atoms with van der Waals surface area (Å²) in [5.41, 5.74) is 0.682. The molecule has 1 fully saturated rings. The van der Waals surface area contributed by atoms with Crippen molar-refractivity contribution in [3.8, 4) is 5.75 Å². The lowest BCUT2D eigenvalue weighted by Crippen LogP contribution is -2.54. The zero-order valence-corrected chi connectivity index (χ0v) is 13.8. The van der Waals surface area contributed by atoms with Crippen molar-refractivity contribution in [3.63, 3.8) is 0 Å². The molecule has 0 bridgehead atoms. The highest BCUT2D eigenvalue weighted by Gasteiger charge is 2.28. The molecule has 0 unspecified atom stereocenters. The molecule has 4 nitrogen and oxygen atoms in total. The molecule has 0 spiro atoms. The van der Waals surface area contributed by atoms with E-state index < -0.39 is 0 Å². The minimum atomic E-state index is -0.228. The Morgan fingerprint density at radius 1 is 1.36 bits per heavy atom. The number of hydrogen-bond donors (Lipinski definition) is 1. The first-order chi connectivity index (χ1) is 10.5. The summed E-state index contributed by atoms with van der Waals surface area (Å²) in [6.45, 7) is 7.93. The van der Waals surface area contributed by atoms with Crippen molar-refractivity contribution in [1.29, 1.82) is 0 Å². The van der Waals surface area contributed by atoms with Crippen LogP contribution < -0.4 is 4.74 Å². The molecular weight excluding hydrogens is 283 g/mol. The van der Waals surface area contributed by atoms with Gasteiger partial charge in [-0.3, -0.25) is 9.80 Å². The van der Waals surface area contributed by atoms with Gasteiger partial charge in [0.25, 0.3) is 0 Å². The number of piperazine rings is 1. The predicted molar refractivity (Wildman–Crippen MR) is 85.6 cm³/mol. The predicted octanol–water partition coefficient (Wildman–Crippen LogP) is 2.11. The molecule has 124 valence electrons. The number of aliphatic hydroxyl groups excluding tert-OH is 1. The highest BCUT2D eigenvalue weighted by Crippen LogP contribution is 2.22. The van der Waals surface area contributed by atoms with Gasteiger partial charge in [-0.1, -0.05) is 6.07 Å². The van der Waals surface area contributed by atoms with Crippen LogP contribution >= 0.6 is 0 Å². The van der Waals surface area contributed by atoms with Gasteiger partial charge in [-0.25, -0.2) is 4.39 Å². The van der Waals surface area contributed by atoms with E-state index in [9.17, 15) is 9.50 Å². The van der Waals surface area contributed by atoms with Crippen LogP contribution in [0.15, 0.2) is 18.2 Å². The molecule has 22 heavy (non-hydrogen) atoms. The molecule has 0 radical (unpaired) electrons. The van der Waals surface area contributed by atoms with Gasteiger partial charge < -0.3 is 9.84 Å². The monoisotopic (exact) mass is 310 g/mol. The second kappa shape index (κ2) is 7.90. The molecule has 2 rings (SSSR count). The lowest BCUT2D eigenvalue weighted by molar-refractivity contribution is 0.0383. The maximum Gasteiger partial charge on any atom is 0.131 e. The van der Waals surface area contributed by atoms with Crippen molar-refractivity contribution in [3.05, 3.63) is 29.6 Å². The molecule has 0 aliphatic carbocycles. The third-order valence-corrected chi connectivity index (χ3v) is 4.46. The summed E-state index contributed by atoms with van der Waals surface area (Å²) in [6, 6.07) is 5.78. The van der Waals surface area contributed by atoms with E-state index in [0.717, 1.165) is 26.1 Å². The first kappa shape index (κ1) is 17.2. The fourth-order valence-corrected chi connectivity index (χ4v) is 3.02. The summed E-state index contributed by atoms with van der Waals surface area (Å²) in [4.78, 5) is 4.70. The molecule has 1 saturated heterocycles. The van der Waals surface area contributed by atoms with Gasteiger partial charge in [-0.05, 0) is 26.3 Å². The molecule has 1 heterocycles. The maximum atomic E-state index is 14.1. The quantitative estimate of drug-likeness (QED) is 0.873. The summed E-state index contributed by atoms with van der Waals surface area (Å²) in [7, 11) is 1.54. The number of methoxy groups -OCH3 is 1. The lowest BCUT2D eigenvalue weighted by atomic mass is 10.1. The van der Waals surface area contributed by atoms with E-state index in [0.29, 0.717) is 23.9 Å². The Morgan fingerprint density at radius 3 is 2.73 bits per heavy atom. The fourth-order valence-electron chi connectivity index (χ4n) is 3.02. The van der Waals surface area contributed by atoms with Crippen molar-refractivity contribution >= 4 is 0 Å². The second-order valence-electron chi connectivity index (χ2n) is 6.18. The number of hydrogen-bond acceptors (Lipinski definition) is 4. The average Bonchev–Trinajstić information content (AvgIpc) is 2.50. The van der Waals surface area contributed by atoms with E-state index in [1.165, 1.54) is 13.2 Å². The van der Waals surface area contributed by atoms with Crippen molar-refractivity contribution < 1.29 is 14.2 Å². The Morgan fingerprint density at radius 2 is 2.14 bits per heavy atom. The SMILES string of the molecule is COc1ccc(CN2CCN(C(C)C)C[C@@H]2CCO)c(F)c1. The zero-order chi connectivity index (χ0) is 16.1. The maximum absolute atomic E-state index is 14.1. The van der Waals surface area contributed by atoms with Crippen LogP contribution in [0.3, 0.4) is 0 Å². The second-order valence-corrected chi connectivity index (χ2v) is 6.18. The first-order valence-electron chi connectivity index (χ1n) is 7.96. The van der Waals surface area contributed by atoms with Gasteiger partial charge in [-0.15, -0.1) is 0 Å². The van der Waals surface area contributed by atoms with Gasteiger partial charge in [0, 0.05) is 56.5 Å². The van der Waals surface area contributed by atoms with E-state index in [1.54, 1.807) is 12.1 Å². The van der Waals surface area contributed by atoms with Crippen molar-refractivity contribution in [2.45, 2.75) is 38.9 Å². The summed E-state index contributed by atoms with van der Waals surface area (Å²) < 4.78 is 19.2. The highest BCUT2D eigenvalue weighted by atomic mass is 19.1. The van der Waals surface area contributed by atoms with Gasteiger partial charge in [0.1, 0.15) is 11.6 Å². The molecule has 1 aromatic carbocycles. The Hall–Kier alpha value is -1.17. The molecule has 0 aromatic heterocycles. The molecule has 5 heteroatoms. The minimum absolute atomic E-state index is 0.165. The van der Waals surface area contributed by atoms with E-state index in [-0.39, 0.29) is 18.5 Å². The Bertz CT molecular complexity index is 482. The standard InChI is InChI=1S/C17H27FN2O2/c1-13(2)19-7-8-20(15(12-19)6-9-21)11-14-4-5-16(22-3)10-17(14)18/h4-5,10,13,15,21H,6-9,11-12H2,1-3H3/t15-/m0/s1. The molecule has 1 atom stereocenters. The number of nitrogens with zero attached hydrogens (tertiary/aromatic N) is 2. The fraction of sp³-hybridized carbons (Fsp3) is 0.647. The summed E-state index contributed by atoms with van der Waals surface area (Å²) >= 11 is 0. The number of ether oxygens (including phenoxy) is 1. The number of halogens is 1. The van der Waals surface area contributed by atoms with Crippen LogP contribution in [-0.2, 0) is 6.54 Å². The number of aliphatic hydroxyl groups is 1. The number of rotatable bonds is 6. The minimum Gasteiger partial charge on any atom is -0.497 e. The van der Waals surface area contributed by atoms with Crippen molar-refractivity contribution in [2.24, 2.45) is 0 Å². The third kappa shape index (κ3) is 4.18. The highest BCUT2D eigenvalue weighted by molar-refractivity contribution is 5.28. The summed E-state index contributed by atoms with van der Waals surface area (Å²) in [5, 5.41) is 9.31.